The zero-order valence-electron chi connectivity index (χ0n) is 8.20. The number of rotatable bonds is 1. The van der Waals surface area contributed by atoms with Crippen LogP contribution in [0.15, 0.2) is 17.3 Å². The lowest BCUT2D eigenvalue weighted by molar-refractivity contribution is 0.537. The molecule has 3 heteroatoms. The second-order valence-electron chi connectivity index (χ2n) is 3.81. The van der Waals surface area contributed by atoms with Crippen LogP contribution < -0.4 is 0 Å². The molecule has 2 heterocycles. The van der Waals surface area contributed by atoms with Crippen LogP contribution >= 0.6 is 0 Å². The van der Waals surface area contributed by atoms with Crippen molar-refractivity contribution in [1.82, 2.24) is 9.78 Å². The van der Waals surface area contributed by atoms with Gasteiger partial charge < -0.3 is 0 Å². The van der Waals surface area contributed by atoms with Gasteiger partial charge in [0.2, 0.25) is 0 Å². The van der Waals surface area contributed by atoms with Crippen LogP contribution in [0.2, 0.25) is 0 Å². The molecule has 1 aliphatic rings. The molecule has 0 unspecified atom stereocenters. The Balaban J connectivity index is 2.18. The van der Waals surface area contributed by atoms with Crippen molar-refractivity contribution in [2.45, 2.75) is 19.8 Å². The van der Waals surface area contributed by atoms with E-state index >= 15 is 0 Å². The zero-order valence-corrected chi connectivity index (χ0v) is 8.20. The van der Waals surface area contributed by atoms with Crippen molar-refractivity contribution in [3.05, 3.63) is 18.0 Å². The molecule has 0 amide bonds. The third-order valence-electron chi connectivity index (χ3n) is 2.48. The molecule has 0 spiro atoms. The van der Waals surface area contributed by atoms with E-state index in [0.29, 0.717) is 0 Å². The van der Waals surface area contributed by atoms with E-state index in [2.05, 4.69) is 17.0 Å². The summed E-state index contributed by atoms with van der Waals surface area (Å²) < 4.78 is 1.83. The molecule has 0 bridgehead atoms. The molecule has 70 valence electrons. The van der Waals surface area contributed by atoms with Gasteiger partial charge >= 0.3 is 0 Å². The summed E-state index contributed by atoms with van der Waals surface area (Å²) in [5.41, 5.74) is 2.23. The number of hydrogen-bond acceptors (Lipinski definition) is 2. The minimum atomic E-state index is 0.743. The molecule has 0 fully saturated rings. The predicted octanol–water partition coefficient (Wildman–Crippen LogP) is 1.64. The monoisotopic (exact) mass is 177 g/mol. The third-order valence-corrected chi connectivity index (χ3v) is 2.48. The third kappa shape index (κ3) is 1.79. The Labute approximate surface area is 78.5 Å². The van der Waals surface area contributed by atoms with Gasteiger partial charge in [-0.2, -0.15) is 5.10 Å². The molecular formula is C10H15N3. The zero-order chi connectivity index (χ0) is 9.26. The molecule has 0 aromatic carbocycles. The van der Waals surface area contributed by atoms with E-state index in [1.165, 1.54) is 12.1 Å². The van der Waals surface area contributed by atoms with Crippen molar-refractivity contribution in [3.8, 4) is 0 Å². The van der Waals surface area contributed by atoms with E-state index in [1.807, 2.05) is 24.0 Å². The van der Waals surface area contributed by atoms with Gasteiger partial charge in [0, 0.05) is 19.8 Å². The topological polar surface area (TPSA) is 30.2 Å². The highest BCUT2D eigenvalue weighted by molar-refractivity contribution is 5.99. The Kier molecular flexibility index (Phi) is 2.17. The Morgan fingerprint density at radius 2 is 2.38 bits per heavy atom. The molecule has 1 atom stereocenters. The van der Waals surface area contributed by atoms with Crippen LogP contribution in [0.3, 0.4) is 0 Å². The average molecular weight is 177 g/mol. The molecule has 0 saturated carbocycles. The Hall–Kier alpha value is -1.12. The summed E-state index contributed by atoms with van der Waals surface area (Å²) in [6, 6.07) is 2.04. The summed E-state index contributed by atoms with van der Waals surface area (Å²) in [6.07, 6.45) is 4.30. The van der Waals surface area contributed by atoms with E-state index in [1.54, 1.807) is 0 Å². The summed E-state index contributed by atoms with van der Waals surface area (Å²) in [4.78, 5) is 4.53. The van der Waals surface area contributed by atoms with Crippen molar-refractivity contribution in [3.63, 3.8) is 0 Å². The lowest BCUT2D eigenvalue weighted by Gasteiger charge is -2.15. The predicted molar refractivity (Wildman–Crippen MR) is 53.0 cm³/mol. The van der Waals surface area contributed by atoms with Gasteiger partial charge in [0.25, 0.3) is 0 Å². The maximum atomic E-state index is 4.53. The molecule has 2 rings (SSSR count). The first-order valence-electron chi connectivity index (χ1n) is 4.79. The van der Waals surface area contributed by atoms with Crippen molar-refractivity contribution < 1.29 is 0 Å². The Bertz CT molecular complexity index is 325. The summed E-state index contributed by atoms with van der Waals surface area (Å²) in [6.45, 7) is 3.21. The normalized spacial score (nSPS) is 22.9. The van der Waals surface area contributed by atoms with E-state index in [4.69, 9.17) is 0 Å². The van der Waals surface area contributed by atoms with Crippen LogP contribution in [0, 0.1) is 5.92 Å². The second-order valence-corrected chi connectivity index (χ2v) is 3.81. The first kappa shape index (κ1) is 8.48. The summed E-state index contributed by atoms with van der Waals surface area (Å²) in [5, 5.41) is 4.35. The van der Waals surface area contributed by atoms with E-state index in [9.17, 15) is 0 Å². The van der Waals surface area contributed by atoms with Gasteiger partial charge in [-0.05, 0) is 24.8 Å². The standard InChI is InChI=1S/C10H15N3/c1-8-3-4-9(11-7-8)10-5-6-13(2)12-10/h5-6,8H,3-4,7H2,1-2H3/t8-/m0/s1. The van der Waals surface area contributed by atoms with Crippen LogP contribution in [0.25, 0.3) is 0 Å². The molecule has 1 aliphatic heterocycles. The quantitative estimate of drug-likeness (QED) is 0.641. The minimum Gasteiger partial charge on any atom is -0.287 e. The summed E-state index contributed by atoms with van der Waals surface area (Å²) in [5.74, 6) is 0.743. The number of aliphatic imine (C=N–C) groups is 1. The molecular weight excluding hydrogens is 162 g/mol. The van der Waals surface area contributed by atoms with Gasteiger partial charge in [0.15, 0.2) is 0 Å². The van der Waals surface area contributed by atoms with Crippen LogP contribution in [-0.4, -0.2) is 22.0 Å². The molecule has 1 aromatic rings. The summed E-state index contributed by atoms with van der Waals surface area (Å²) in [7, 11) is 1.94. The highest BCUT2D eigenvalue weighted by Gasteiger charge is 2.14. The van der Waals surface area contributed by atoms with Crippen LogP contribution in [-0.2, 0) is 7.05 Å². The average Bonchev–Trinajstić information content (AvgIpc) is 2.53. The number of aromatic nitrogens is 2. The molecule has 0 saturated heterocycles. The maximum Gasteiger partial charge on any atom is 0.106 e. The van der Waals surface area contributed by atoms with Crippen LogP contribution in [0.5, 0.6) is 0 Å². The molecule has 1 aromatic heterocycles. The second kappa shape index (κ2) is 3.32. The van der Waals surface area contributed by atoms with Gasteiger partial charge in [-0.3, -0.25) is 9.67 Å². The minimum absolute atomic E-state index is 0.743. The number of aryl methyl sites for hydroxylation is 1. The van der Waals surface area contributed by atoms with Gasteiger partial charge in [-0.1, -0.05) is 6.92 Å². The summed E-state index contributed by atoms with van der Waals surface area (Å²) >= 11 is 0. The highest BCUT2D eigenvalue weighted by Crippen LogP contribution is 2.16. The maximum absolute atomic E-state index is 4.53. The molecule has 13 heavy (non-hydrogen) atoms. The highest BCUT2D eigenvalue weighted by atomic mass is 15.2. The molecule has 0 aliphatic carbocycles. The first-order chi connectivity index (χ1) is 6.25. The van der Waals surface area contributed by atoms with Crippen LogP contribution in [0.4, 0.5) is 0 Å². The van der Waals surface area contributed by atoms with Gasteiger partial charge in [-0.15, -0.1) is 0 Å². The van der Waals surface area contributed by atoms with Gasteiger partial charge in [0.1, 0.15) is 5.69 Å². The first-order valence-corrected chi connectivity index (χ1v) is 4.79. The van der Waals surface area contributed by atoms with Crippen molar-refractivity contribution in [2.24, 2.45) is 18.0 Å². The van der Waals surface area contributed by atoms with E-state index < -0.39 is 0 Å². The van der Waals surface area contributed by atoms with Gasteiger partial charge in [0.05, 0.1) is 5.71 Å². The van der Waals surface area contributed by atoms with Crippen LogP contribution in [0.1, 0.15) is 25.5 Å². The van der Waals surface area contributed by atoms with E-state index in [-0.39, 0.29) is 0 Å². The van der Waals surface area contributed by atoms with Crippen molar-refractivity contribution in [1.29, 1.82) is 0 Å². The fraction of sp³-hybridized carbons (Fsp3) is 0.600. The van der Waals surface area contributed by atoms with E-state index in [0.717, 1.165) is 24.6 Å². The number of nitrogens with zero attached hydrogens (tertiary/aromatic N) is 3. The SMILES string of the molecule is C[C@H]1CCC(c2ccn(C)n2)=NC1. The van der Waals surface area contributed by atoms with Crippen molar-refractivity contribution in [2.75, 3.05) is 6.54 Å². The molecule has 0 N–H and O–H groups in total. The Morgan fingerprint density at radius 3 is 2.92 bits per heavy atom. The smallest absolute Gasteiger partial charge is 0.106 e. The lowest BCUT2D eigenvalue weighted by atomic mass is 9.98. The number of hydrogen-bond donors (Lipinski definition) is 0. The van der Waals surface area contributed by atoms with Crippen molar-refractivity contribution >= 4 is 5.71 Å². The molecule has 3 nitrogen and oxygen atoms in total. The fourth-order valence-corrected chi connectivity index (χ4v) is 1.60. The fourth-order valence-electron chi connectivity index (χ4n) is 1.60. The molecule has 0 radical (unpaired) electrons. The Morgan fingerprint density at radius 1 is 1.54 bits per heavy atom. The van der Waals surface area contributed by atoms with Gasteiger partial charge in [-0.25, -0.2) is 0 Å². The lowest BCUT2D eigenvalue weighted by Crippen LogP contribution is -2.14. The largest absolute Gasteiger partial charge is 0.287 e.